The Morgan fingerprint density at radius 1 is 1.03 bits per heavy atom. The lowest BCUT2D eigenvalue weighted by atomic mass is 10.0. The van der Waals surface area contributed by atoms with Gasteiger partial charge in [0.05, 0.1) is 23.7 Å². The minimum atomic E-state index is -3.66. The Morgan fingerprint density at radius 3 is 2.42 bits per heavy atom. The van der Waals surface area contributed by atoms with Gasteiger partial charge in [0.25, 0.3) is 0 Å². The highest BCUT2D eigenvalue weighted by molar-refractivity contribution is 7.89. The fourth-order valence-electron chi connectivity index (χ4n) is 4.25. The number of anilines is 1. The Hall–Kier alpha value is -2.68. The Balaban J connectivity index is 1.57. The minimum Gasteiger partial charge on any atom is -0.378 e. The van der Waals surface area contributed by atoms with Crippen LogP contribution in [0.25, 0.3) is 11.3 Å². The summed E-state index contributed by atoms with van der Waals surface area (Å²) in [5.74, 6) is 0.638. The van der Waals surface area contributed by atoms with Crippen LogP contribution in [0.1, 0.15) is 29.5 Å². The maximum atomic E-state index is 13.7. The molecule has 1 aliphatic heterocycles. The van der Waals surface area contributed by atoms with Crippen LogP contribution in [0.15, 0.2) is 57.9 Å². The van der Waals surface area contributed by atoms with Crippen LogP contribution in [0, 0.1) is 13.8 Å². The van der Waals surface area contributed by atoms with Gasteiger partial charge >= 0.3 is 0 Å². The fourth-order valence-corrected chi connectivity index (χ4v) is 5.90. The lowest BCUT2D eigenvalue weighted by molar-refractivity contribution is 0.120. The SMILES string of the molecule is Cc1ccc(S(=O)(=O)N(Cc2c(-c3cccc(C)c3)noc2N2CCOCC2)C2CC2)cc1. The number of rotatable bonds is 7. The van der Waals surface area contributed by atoms with E-state index in [-0.39, 0.29) is 12.6 Å². The molecule has 7 nitrogen and oxygen atoms in total. The van der Waals surface area contributed by atoms with Gasteiger partial charge in [-0.15, -0.1) is 0 Å². The molecule has 3 aromatic rings. The molecule has 0 amide bonds. The molecule has 0 unspecified atom stereocenters. The molecule has 2 aliphatic rings. The normalized spacial score (nSPS) is 17.0. The highest BCUT2D eigenvalue weighted by atomic mass is 32.2. The predicted molar refractivity (Wildman–Crippen MR) is 127 cm³/mol. The highest BCUT2D eigenvalue weighted by Crippen LogP contribution is 2.39. The molecule has 0 radical (unpaired) electrons. The van der Waals surface area contributed by atoms with Crippen molar-refractivity contribution in [3.63, 3.8) is 0 Å². The van der Waals surface area contributed by atoms with E-state index in [1.165, 1.54) is 0 Å². The molecule has 1 saturated carbocycles. The second-order valence-corrected chi connectivity index (χ2v) is 10.8. The number of ether oxygens (including phenoxy) is 1. The van der Waals surface area contributed by atoms with Crippen molar-refractivity contribution in [2.24, 2.45) is 0 Å². The fraction of sp³-hybridized carbons (Fsp3) is 0.400. The van der Waals surface area contributed by atoms with Crippen molar-refractivity contribution in [1.82, 2.24) is 9.46 Å². The third-order valence-electron chi connectivity index (χ3n) is 6.25. The predicted octanol–water partition coefficient (Wildman–Crippen LogP) is 4.15. The van der Waals surface area contributed by atoms with E-state index in [9.17, 15) is 8.42 Å². The minimum absolute atomic E-state index is 0.00546. The first-order valence-corrected chi connectivity index (χ1v) is 12.8. The van der Waals surface area contributed by atoms with Crippen LogP contribution in [0.3, 0.4) is 0 Å². The van der Waals surface area contributed by atoms with Gasteiger partial charge in [-0.25, -0.2) is 8.42 Å². The van der Waals surface area contributed by atoms with Crippen molar-refractivity contribution < 1.29 is 17.7 Å². The summed E-state index contributed by atoms with van der Waals surface area (Å²) in [5.41, 5.74) is 4.58. The standard InChI is InChI=1S/C25H29N3O4S/c1-18-6-10-22(11-7-18)33(29,30)28(21-8-9-21)17-23-24(20-5-3-4-19(2)16-20)26-32-25(23)27-12-14-31-15-13-27/h3-7,10-11,16,21H,8-9,12-15,17H2,1-2H3. The topological polar surface area (TPSA) is 75.9 Å². The Labute approximate surface area is 195 Å². The van der Waals surface area contributed by atoms with Gasteiger partial charge in [0, 0.05) is 31.2 Å². The second-order valence-electron chi connectivity index (χ2n) is 8.88. The zero-order chi connectivity index (χ0) is 23.0. The van der Waals surface area contributed by atoms with Gasteiger partial charge in [0.15, 0.2) is 0 Å². The third kappa shape index (κ3) is 4.55. The van der Waals surface area contributed by atoms with E-state index < -0.39 is 10.0 Å². The summed E-state index contributed by atoms with van der Waals surface area (Å²) in [6.45, 7) is 6.79. The molecule has 174 valence electrons. The van der Waals surface area contributed by atoms with Gasteiger partial charge < -0.3 is 14.2 Å². The summed E-state index contributed by atoms with van der Waals surface area (Å²) < 4.78 is 40.4. The van der Waals surface area contributed by atoms with Crippen molar-refractivity contribution in [3.8, 4) is 11.3 Å². The van der Waals surface area contributed by atoms with Gasteiger partial charge in [0.2, 0.25) is 15.9 Å². The number of morpholine rings is 1. The molecule has 2 aromatic carbocycles. The second kappa shape index (κ2) is 8.93. The van der Waals surface area contributed by atoms with Crippen LogP contribution in [-0.4, -0.2) is 50.2 Å². The Morgan fingerprint density at radius 2 is 1.76 bits per heavy atom. The molecular weight excluding hydrogens is 438 g/mol. The van der Waals surface area contributed by atoms with Gasteiger partial charge in [-0.05, 0) is 44.9 Å². The average Bonchev–Trinajstić information content (AvgIpc) is 3.56. The molecule has 2 fully saturated rings. The van der Waals surface area contributed by atoms with E-state index in [2.05, 4.69) is 16.1 Å². The molecule has 33 heavy (non-hydrogen) atoms. The van der Waals surface area contributed by atoms with Crippen LogP contribution >= 0.6 is 0 Å². The molecule has 1 aromatic heterocycles. The van der Waals surface area contributed by atoms with E-state index >= 15 is 0 Å². The first-order valence-electron chi connectivity index (χ1n) is 11.4. The zero-order valence-corrected chi connectivity index (χ0v) is 19.8. The molecular formula is C25H29N3O4S. The van der Waals surface area contributed by atoms with Gasteiger partial charge in [0.1, 0.15) is 5.69 Å². The van der Waals surface area contributed by atoms with Crippen molar-refractivity contribution >= 4 is 15.9 Å². The molecule has 5 rings (SSSR count). The molecule has 0 N–H and O–H groups in total. The number of sulfonamides is 1. The molecule has 1 aliphatic carbocycles. The van der Waals surface area contributed by atoms with Gasteiger partial charge in [-0.2, -0.15) is 4.31 Å². The lowest BCUT2D eigenvalue weighted by Gasteiger charge is -2.28. The number of benzene rings is 2. The molecule has 0 bridgehead atoms. The summed E-state index contributed by atoms with van der Waals surface area (Å²) in [7, 11) is -3.66. The number of aryl methyl sites for hydroxylation is 2. The molecule has 8 heteroatoms. The largest absolute Gasteiger partial charge is 0.378 e. The number of hydrogen-bond acceptors (Lipinski definition) is 6. The van der Waals surface area contributed by atoms with E-state index in [1.54, 1.807) is 16.4 Å². The summed E-state index contributed by atoms with van der Waals surface area (Å²) in [6.07, 6.45) is 1.73. The summed E-state index contributed by atoms with van der Waals surface area (Å²) in [6, 6.07) is 15.1. The zero-order valence-electron chi connectivity index (χ0n) is 19.0. The Kier molecular flexibility index (Phi) is 5.99. The molecule has 0 atom stereocenters. The first kappa shape index (κ1) is 22.1. The van der Waals surface area contributed by atoms with Crippen LogP contribution in [-0.2, 0) is 21.3 Å². The molecule has 2 heterocycles. The lowest BCUT2D eigenvalue weighted by Crippen LogP contribution is -2.37. The van der Waals surface area contributed by atoms with E-state index in [0.717, 1.165) is 35.1 Å². The van der Waals surface area contributed by atoms with Crippen molar-refractivity contribution in [1.29, 1.82) is 0 Å². The highest BCUT2D eigenvalue weighted by Gasteiger charge is 2.40. The number of aromatic nitrogens is 1. The average molecular weight is 468 g/mol. The van der Waals surface area contributed by atoms with E-state index in [4.69, 9.17) is 9.26 Å². The van der Waals surface area contributed by atoms with Crippen molar-refractivity contribution in [2.75, 3.05) is 31.2 Å². The smallest absolute Gasteiger partial charge is 0.243 e. The molecule has 0 spiro atoms. The molecule has 1 saturated heterocycles. The van der Waals surface area contributed by atoms with Gasteiger partial charge in [-0.1, -0.05) is 46.6 Å². The maximum absolute atomic E-state index is 13.7. The number of nitrogens with zero attached hydrogens (tertiary/aromatic N) is 3. The van der Waals surface area contributed by atoms with Crippen LogP contribution < -0.4 is 4.90 Å². The van der Waals surface area contributed by atoms with E-state index in [0.29, 0.717) is 42.8 Å². The van der Waals surface area contributed by atoms with Crippen molar-refractivity contribution in [3.05, 3.63) is 65.2 Å². The van der Waals surface area contributed by atoms with Crippen LogP contribution in [0.2, 0.25) is 0 Å². The van der Waals surface area contributed by atoms with Crippen molar-refractivity contribution in [2.45, 2.75) is 44.2 Å². The Bertz CT molecular complexity index is 1230. The monoisotopic (exact) mass is 467 g/mol. The number of hydrogen-bond donors (Lipinski definition) is 0. The third-order valence-corrected chi connectivity index (χ3v) is 8.17. The van der Waals surface area contributed by atoms with E-state index in [1.807, 2.05) is 44.2 Å². The quantitative estimate of drug-likeness (QED) is 0.520. The van der Waals surface area contributed by atoms with Crippen LogP contribution in [0.4, 0.5) is 5.88 Å². The maximum Gasteiger partial charge on any atom is 0.243 e. The van der Waals surface area contributed by atoms with Crippen LogP contribution in [0.5, 0.6) is 0 Å². The summed E-state index contributed by atoms with van der Waals surface area (Å²) in [4.78, 5) is 2.43. The first-order chi connectivity index (χ1) is 15.9. The summed E-state index contributed by atoms with van der Waals surface area (Å²) >= 11 is 0. The van der Waals surface area contributed by atoms with Gasteiger partial charge in [-0.3, -0.25) is 0 Å². The summed E-state index contributed by atoms with van der Waals surface area (Å²) in [5, 5.41) is 4.42.